The summed E-state index contributed by atoms with van der Waals surface area (Å²) in [5.41, 5.74) is 2.41. The summed E-state index contributed by atoms with van der Waals surface area (Å²) in [5, 5.41) is 4.87. The van der Waals surface area contributed by atoms with Crippen LogP contribution in [0.4, 0.5) is 5.69 Å². The lowest BCUT2D eigenvalue weighted by atomic mass is 10.1. The topological polar surface area (TPSA) is 24.9 Å². The normalized spacial score (nSPS) is 30.5. The Labute approximate surface area is 105 Å². The first kappa shape index (κ1) is 9.89. The molecular formula is C14H16N2S. The second-order valence-electron chi connectivity index (χ2n) is 5.40. The first-order valence-corrected chi connectivity index (χ1v) is 7.25. The summed E-state index contributed by atoms with van der Waals surface area (Å²) in [5.74, 6) is 2.01. The molecule has 2 aliphatic carbocycles. The van der Waals surface area contributed by atoms with Crippen molar-refractivity contribution in [2.24, 2.45) is 11.8 Å². The third-order valence-corrected chi connectivity index (χ3v) is 5.12. The van der Waals surface area contributed by atoms with Gasteiger partial charge in [-0.2, -0.15) is 0 Å². The zero-order chi connectivity index (χ0) is 11.4. The summed E-state index contributed by atoms with van der Waals surface area (Å²) >= 11 is 1.78. The number of anilines is 1. The van der Waals surface area contributed by atoms with E-state index in [1.54, 1.807) is 11.3 Å². The molecule has 0 radical (unpaired) electrons. The van der Waals surface area contributed by atoms with Crippen LogP contribution in [0.15, 0.2) is 18.2 Å². The van der Waals surface area contributed by atoms with Crippen LogP contribution >= 0.6 is 11.3 Å². The van der Waals surface area contributed by atoms with Crippen molar-refractivity contribution in [2.75, 3.05) is 5.32 Å². The van der Waals surface area contributed by atoms with Crippen LogP contribution in [-0.2, 0) is 0 Å². The van der Waals surface area contributed by atoms with Crippen molar-refractivity contribution in [1.82, 2.24) is 4.98 Å². The number of nitrogens with one attached hydrogen (secondary N) is 1. The van der Waals surface area contributed by atoms with Gasteiger partial charge in [0, 0.05) is 11.7 Å². The van der Waals surface area contributed by atoms with Gasteiger partial charge in [0.25, 0.3) is 0 Å². The molecule has 0 bridgehead atoms. The predicted octanol–water partition coefficient (Wildman–Crippen LogP) is 3.82. The maximum absolute atomic E-state index is 4.50. The Balaban J connectivity index is 1.62. The standard InChI is InChI=1S/C14H16N2S/c1-8-15-13-5-3-10(7-14(13)17-8)16-12-4-2-9-6-11(9)12/h3,5,7,9,11-12,16H,2,4,6H2,1H3/t9-,11+,12?/m0/s1. The molecule has 1 aromatic heterocycles. The van der Waals surface area contributed by atoms with Crippen LogP contribution in [0.2, 0.25) is 0 Å². The molecular weight excluding hydrogens is 228 g/mol. The minimum absolute atomic E-state index is 0.728. The van der Waals surface area contributed by atoms with Crippen molar-refractivity contribution >= 4 is 27.2 Å². The molecule has 3 heteroatoms. The molecule has 4 rings (SSSR count). The molecule has 2 aliphatic rings. The van der Waals surface area contributed by atoms with Gasteiger partial charge in [0.2, 0.25) is 0 Å². The van der Waals surface area contributed by atoms with Crippen molar-refractivity contribution in [3.8, 4) is 0 Å². The second kappa shape index (κ2) is 3.45. The number of hydrogen-bond donors (Lipinski definition) is 1. The number of thiazole rings is 1. The lowest BCUT2D eigenvalue weighted by molar-refractivity contribution is 0.654. The van der Waals surface area contributed by atoms with Crippen molar-refractivity contribution < 1.29 is 0 Å². The van der Waals surface area contributed by atoms with Crippen molar-refractivity contribution in [1.29, 1.82) is 0 Å². The average molecular weight is 244 g/mol. The van der Waals surface area contributed by atoms with Crippen LogP contribution in [0.25, 0.3) is 10.2 Å². The molecule has 1 aromatic carbocycles. The Morgan fingerprint density at radius 2 is 2.29 bits per heavy atom. The maximum atomic E-state index is 4.50. The molecule has 0 spiro atoms. The molecule has 1 heterocycles. The zero-order valence-corrected chi connectivity index (χ0v) is 10.8. The van der Waals surface area contributed by atoms with E-state index in [9.17, 15) is 0 Å². The number of hydrogen-bond acceptors (Lipinski definition) is 3. The van der Waals surface area contributed by atoms with Gasteiger partial charge in [-0.05, 0) is 56.2 Å². The molecule has 2 nitrogen and oxygen atoms in total. The molecule has 2 saturated carbocycles. The van der Waals surface area contributed by atoms with Gasteiger partial charge in [0.1, 0.15) is 0 Å². The van der Waals surface area contributed by atoms with Crippen molar-refractivity contribution in [2.45, 2.75) is 32.2 Å². The lowest BCUT2D eigenvalue weighted by Gasteiger charge is -2.15. The van der Waals surface area contributed by atoms with E-state index in [1.807, 2.05) is 0 Å². The molecule has 17 heavy (non-hydrogen) atoms. The zero-order valence-electron chi connectivity index (χ0n) is 9.94. The highest BCUT2D eigenvalue weighted by Crippen LogP contribution is 2.52. The van der Waals surface area contributed by atoms with Gasteiger partial charge in [-0.1, -0.05) is 0 Å². The van der Waals surface area contributed by atoms with Crippen LogP contribution < -0.4 is 5.32 Å². The van der Waals surface area contributed by atoms with Crippen molar-refractivity contribution in [3.05, 3.63) is 23.2 Å². The maximum Gasteiger partial charge on any atom is 0.0907 e. The summed E-state index contributed by atoms with van der Waals surface area (Å²) in [6, 6.07) is 7.31. The van der Waals surface area contributed by atoms with Gasteiger partial charge in [0.05, 0.1) is 15.2 Å². The van der Waals surface area contributed by atoms with Gasteiger partial charge >= 0.3 is 0 Å². The summed E-state index contributed by atoms with van der Waals surface area (Å²) in [6.07, 6.45) is 4.25. The van der Waals surface area contributed by atoms with E-state index in [2.05, 4.69) is 35.4 Å². The Kier molecular flexibility index (Phi) is 2.01. The van der Waals surface area contributed by atoms with E-state index in [-0.39, 0.29) is 0 Å². The van der Waals surface area contributed by atoms with Crippen LogP contribution in [0.3, 0.4) is 0 Å². The minimum Gasteiger partial charge on any atom is -0.382 e. The van der Waals surface area contributed by atoms with Crippen LogP contribution in [0.5, 0.6) is 0 Å². The number of aryl methyl sites for hydroxylation is 1. The van der Waals surface area contributed by atoms with Gasteiger partial charge in [-0.3, -0.25) is 0 Å². The van der Waals surface area contributed by atoms with E-state index < -0.39 is 0 Å². The van der Waals surface area contributed by atoms with Gasteiger partial charge in [-0.15, -0.1) is 11.3 Å². The first-order valence-electron chi connectivity index (χ1n) is 6.43. The van der Waals surface area contributed by atoms with E-state index in [4.69, 9.17) is 0 Å². The molecule has 2 fully saturated rings. The third-order valence-electron chi connectivity index (χ3n) is 4.19. The number of fused-ring (bicyclic) bond motifs is 2. The fourth-order valence-corrected chi connectivity index (χ4v) is 4.09. The predicted molar refractivity (Wildman–Crippen MR) is 72.6 cm³/mol. The highest BCUT2D eigenvalue weighted by molar-refractivity contribution is 7.18. The highest BCUT2D eigenvalue weighted by Gasteiger charge is 2.47. The highest BCUT2D eigenvalue weighted by atomic mass is 32.1. The molecule has 3 atom stereocenters. The second-order valence-corrected chi connectivity index (χ2v) is 6.64. The SMILES string of the molecule is Cc1nc2ccc(NC3CC[C@H]4C[C@@H]34)cc2s1. The average Bonchev–Trinajstić information content (AvgIpc) is 2.85. The number of benzene rings is 1. The molecule has 1 unspecified atom stereocenters. The summed E-state index contributed by atoms with van der Waals surface area (Å²) in [7, 11) is 0. The Morgan fingerprint density at radius 1 is 1.35 bits per heavy atom. The number of nitrogens with zero attached hydrogens (tertiary/aromatic N) is 1. The summed E-state index contributed by atoms with van der Waals surface area (Å²) in [4.78, 5) is 4.50. The minimum atomic E-state index is 0.728. The van der Waals surface area contributed by atoms with Gasteiger partial charge in [-0.25, -0.2) is 4.98 Å². The monoisotopic (exact) mass is 244 g/mol. The quantitative estimate of drug-likeness (QED) is 0.868. The molecule has 0 aliphatic heterocycles. The van der Waals surface area contributed by atoms with Gasteiger partial charge in [0.15, 0.2) is 0 Å². The van der Waals surface area contributed by atoms with E-state index >= 15 is 0 Å². The smallest absolute Gasteiger partial charge is 0.0907 e. The van der Waals surface area contributed by atoms with E-state index in [1.165, 1.54) is 29.6 Å². The molecule has 0 saturated heterocycles. The Morgan fingerprint density at radius 3 is 3.06 bits per heavy atom. The third kappa shape index (κ3) is 1.64. The molecule has 2 aromatic rings. The van der Waals surface area contributed by atoms with E-state index in [0.29, 0.717) is 0 Å². The Bertz CT molecular complexity index is 575. The molecule has 88 valence electrons. The fourth-order valence-electron chi connectivity index (χ4n) is 3.23. The van der Waals surface area contributed by atoms with Crippen LogP contribution in [-0.4, -0.2) is 11.0 Å². The van der Waals surface area contributed by atoms with Crippen molar-refractivity contribution in [3.63, 3.8) is 0 Å². The molecule has 0 amide bonds. The van der Waals surface area contributed by atoms with Crippen LogP contribution in [0, 0.1) is 18.8 Å². The number of rotatable bonds is 2. The Hall–Kier alpha value is -1.09. The number of aromatic nitrogens is 1. The largest absolute Gasteiger partial charge is 0.382 e. The summed E-state index contributed by atoms with van der Waals surface area (Å²) in [6.45, 7) is 2.07. The lowest BCUT2D eigenvalue weighted by Crippen LogP contribution is -2.18. The van der Waals surface area contributed by atoms with E-state index in [0.717, 1.165) is 28.4 Å². The van der Waals surface area contributed by atoms with Gasteiger partial charge < -0.3 is 5.32 Å². The fraction of sp³-hybridized carbons (Fsp3) is 0.500. The first-order chi connectivity index (χ1) is 8.29. The molecule has 1 N–H and O–H groups in total. The van der Waals surface area contributed by atoms with Crippen LogP contribution in [0.1, 0.15) is 24.3 Å². The summed E-state index contributed by atoms with van der Waals surface area (Å²) < 4.78 is 1.30.